The molecule has 1 amide bonds. The van der Waals surface area contributed by atoms with E-state index in [9.17, 15) is 19.1 Å². The maximum absolute atomic E-state index is 13.3. The molecule has 1 atom stereocenters. The summed E-state index contributed by atoms with van der Waals surface area (Å²) in [5.74, 6) is -1.99. The number of carbonyl (C=O) groups excluding carboxylic acids is 2. The lowest BCUT2D eigenvalue weighted by atomic mass is 9.99. The molecule has 4 rings (SSSR count). The standard InChI is InChI=1S/C23H17ClFNO4S/c1-30-17-9-6-14(24)11-16(17)21(27)19-20(18-3-2-10-31-18)26(23(29)22(19)28)12-13-4-7-15(25)8-5-13/h2-11,20,27H,12H2,1H3/b21-19-. The van der Waals surface area contributed by atoms with Crippen LogP contribution in [0.1, 0.15) is 22.0 Å². The van der Waals surface area contributed by atoms with Gasteiger partial charge in [0.05, 0.1) is 24.3 Å². The van der Waals surface area contributed by atoms with Crippen LogP contribution in [0.2, 0.25) is 5.02 Å². The monoisotopic (exact) mass is 457 g/mol. The number of carbonyl (C=O) groups is 2. The van der Waals surface area contributed by atoms with Crippen molar-refractivity contribution in [2.24, 2.45) is 0 Å². The van der Waals surface area contributed by atoms with Gasteiger partial charge in [-0.2, -0.15) is 0 Å². The van der Waals surface area contributed by atoms with Gasteiger partial charge in [0, 0.05) is 16.4 Å². The quantitative estimate of drug-likeness (QED) is 0.326. The Labute approximate surface area is 187 Å². The predicted molar refractivity (Wildman–Crippen MR) is 117 cm³/mol. The third-order valence-corrected chi connectivity index (χ3v) is 6.20. The number of benzene rings is 2. The number of ketones is 1. The minimum absolute atomic E-state index is 0.0462. The summed E-state index contributed by atoms with van der Waals surface area (Å²) in [6.45, 7) is 0.0802. The van der Waals surface area contributed by atoms with E-state index in [1.807, 2.05) is 5.38 Å². The molecule has 3 aromatic rings. The molecule has 1 fully saturated rings. The van der Waals surface area contributed by atoms with Crippen LogP contribution in [0.15, 0.2) is 65.6 Å². The first-order chi connectivity index (χ1) is 14.9. The average Bonchev–Trinajstić information content (AvgIpc) is 3.37. The van der Waals surface area contributed by atoms with Crippen molar-refractivity contribution in [2.75, 3.05) is 7.11 Å². The predicted octanol–water partition coefficient (Wildman–Crippen LogP) is 5.17. The summed E-state index contributed by atoms with van der Waals surface area (Å²) in [5.41, 5.74) is 0.830. The highest BCUT2D eigenvalue weighted by Crippen LogP contribution is 2.43. The molecule has 2 heterocycles. The van der Waals surface area contributed by atoms with E-state index >= 15 is 0 Å². The molecule has 1 aliphatic rings. The summed E-state index contributed by atoms with van der Waals surface area (Å²) in [7, 11) is 1.43. The minimum Gasteiger partial charge on any atom is -0.507 e. The van der Waals surface area contributed by atoms with Gasteiger partial charge in [-0.3, -0.25) is 9.59 Å². The zero-order valence-corrected chi connectivity index (χ0v) is 17.9. The summed E-state index contributed by atoms with van der Waals surface area (Å²) < 4.78 is 18.6. The molecule has 5 nitrogen and oxygen atoms in total. The van der Waals surface area contributed by atoms with Crippen LogP contribution < -0.4 is 4.74 Å². The van der Waals surface area contributed by atoms with Gasteiger partial charge in [-0.15, -0.1) is 11.3 Å². The van der Waals surface area contributed by atoms with Crippen LogP contribution in [-0.4, -0.2) is 28.8 Å². The Balaban J connectivity index is 1.86. The second-order valence-electron chi connectivity index (χ2n) is 6.91. The number of amides is 1. The largest absolute Gasteiger partial charge is 0.507 e. The number of Topliss-reactive ketones (excluding diaryl/α,β-unsaturated/α-hetero) is 1. The molecule has 31 heavy (non-hydrogen) atoms. The van der Waals surface area contributed by atoms with Crippen LogP contribution in [0.25, 0.3) is 5.76 Å². The molecular weight excluding hydrogens is 441 g/mol. The average molecular weight is 458 g/mol. The summed E-state index contributed by atoms with van der Waals surface area (Å²) in [4.78, 5) is 28.1. The Morgan fingerprint density at radius 3 is 2.58 bits per heavy atom. The van der Waals surface area contributed by atoms with E-state index in [-0.39, 0.29) is 23.4 Å². The number of halogens is 2. The Morgan fingerprint density at radius 1 is 1.19 bits per heavy atom. The number of ether oxygens (including phenoxy) is 1. The summed E-state index contributed by atoms with van der Waals surface area (Å²) >= 11 is 7.46. The van der Waals surface area contributed by atoms with E-state index in [0.29, 0.717) is 21.2 Å². The number of likely N-dealkylation sites (tertiary alicyclic amines) is 1. The lowest BCUT2D eigenvalue weighted by Crippen LogP contribution is -2.28. The first-order valence-corrected chi connectivity index (χ1v) is 10.6. The highest BCUT2D eigenvalue weighted by molar-refractivity contribution is 7.10. The number of aliphatic hydroxyl groups excluding tert-OH is 1. The van der Waals surface area contributed by atoms with Crippen molar-refractivity contribution in [1.29, 1.82) is 0 Å². The van der Waals surface area contributed by atoms with Crippen LogP contribution in [0.5, 0.6) is 5.75 Å². The fraction of sp³-hybridized carbons (Fsp3) is 0.130. The molecule has 1 saturated heterocycles. The van der Waals surface area contributed by atoms with Gasteiger partial charge in [0.1, 0.15) is 17.3 Å². The highest BCUT2D eigenvalue weighted by atomic mass is 35.5. The fourth-order valence-electron chi connectivity index (χ4n) is 3.58. The Morgan fingerprint density at radius 2 is 1.94 bits per heavy atom. The maximum atomic E-state index is 13.3. The zero-order chi connectivity index (χ0) is 22.1. The number of methoxy groups -OCH3 is 1. The second kappa shape index (κ2) is 8.53. The van der Waals surface area contributed by atoms with Crippen molar-refractivity contribution < 1.29 is 23.8 Å². The molecule has 8 heteroatoms. The van der Waals surface area contributed by atoms with Crippen molar-refractivity contribution in [3.63, 3.8) is 0 Å². The summed E-state index contributed by atoms with van der Waals surface area (Å²) in [5, 5.41) is 13.3. The molecule has 1 unspecified atom stereocenters. The van der Waals surface area contributed by atoms with E-state index in [4.69, 9.17) is 16.3 Å². The maximum Gasteiger partial charge on any atom is 0.295 e. The van der Waals surface area contributed by atoms with Gasteiger partial charge in [-0.1, -0.05) is 29.8 Å². The molecule has 1 aromatic heterocycles. The fourth-order valence-corrected chi connectivity index (χ4v) is 4.60. The van der Waals surface area contributed by atoms with Gasteiger partial charge in [-0.25, -0.2) is 4.39 Å². The van der Waals surface area contributed by atoms with Gasteiger partial charge in [0.2, 0.25) is 0 Å². The van der Waals surface area contributed by atoms with E-state index in [1.54, 1.807) is 36.4 Å². The van der Waals surface area contributed by atoms with Crippen LogP contribution in [-0.2, 0) is 16.1 Å². The van der Waals surface area contributed by atoms with Gasteiger partial charge in [0.15, 0.2) is 0 Å². The molecule has 0 radical (unpaired) electrons. The Hall–Kier alpha value is -3.16. The molecule has 0 saturated carbocycles. The van der Waals surface area contributed by atoms with E-state index in [0.717, 1.165) is 0 Å². The SMILES string of the molecule is COc1ccc(Cl)cc1/C(O)=C1/C(=O)C(=O)N(Cc2ccc(F)cc2)C1c1cccs1. The topological polar surface area (TPSA) is 66.8 Å². The molecule has 1 aliphatic heterocycles. The smallest absolute Gasteiger partial charge is 0.295 e. The number of hydrogen-bond acceptors (Lipinski definition) is 5. The van der Waals surface area contributed by atoms with Gasteiger partial charge in [-0.05, 0) is 47.3 Å². The first-order valence-electron chi connectivity index (χ1n) is 9.31. The Kier molecular flexibility index (Phi) is 5.80. The summed E-state index contributed by atoms with van der Waals surface area (Å²) in [6.07, 6.45) is 0. The molecule has 0 bridgehead atoms. The third-order valence-electron chi connectivity index (χ3n) is 5.04. The van der Waals surface area contributed by atoms with E-state index < -0.39 is 23.5 Å². The highest BCUT2D eigenvalue weighted by Gasteiger charge is 2.46. The first kappa shape index (κ1) is 21.1. The van der Waals surface area contributed by atoms with Gasteiger partial charge >= 0.3 is 0 Å². The Bertz CT molecular complexity index is 1170. The molecule has 2 aromatic carbocycles. The van der Waals surface area contributed by atoms with Gasteiger partial charge in [0.25, 0.3) is 11.7 Å². The van der Waals surface area contributed by atoms with Gasteiger partial charge < -0.3 is 14.7 Å². The summed E-state index contributed by atoms with van der Waals surface area (Å²) in [6, 6.07) is 13.2. The van der Waals surface area contributed by atoms with Crippen LogP contribution in [0.3, 0.4) is 0 Å². The normalized spacial score (nSPS) is 17.9. The lowest BCUT2D eigenvalue weighted by molar-refractivity contribution is -0.140. The van der Waals surface area contributed by atoms with Crippen LogP contribution in [0, 0.1) is 5.82 Å². The zero-order valence-electron chi connectivity index (χ0n) is 16.3. The minimum atomic E-state index is -0.806. The van der Waals surface area contributed by atoms with Crippen LogP contribution in [0.4, 0.5) is 4.39 Å². The van der Waals surface area contributed by atoms with Crippen molar-refractivity contribution in [3.8, 4) is 5.75 Å². The number of hydrogen-bond donors (Lipinski definition) is 1. The molecule has 0 aliphatic carbocycles. The van der Waals surface area contributed by atoms with Crippen molar-refractivity contribution in [2.45, 2.75) is 12.6 Å². The lowest BCUT2D eigenvalue weighted by Gasteiger charge is -2.24. The van der Waals surface area contributed by atoms with Crippen molar-refractivity contribution in [3.05, 3.63) is 92.4 Å². The van der Waals surface area contributed by atoms with Crippen molar-refractivity contribution >= 4 is 40.4 Å². The number of nitrogens with zero attached hydrogens (tertiary/aromatic N) is 1. The van der Waals surface area contributed by atoms with Crippen molar-refractivity contribution in [1.82, 2.24) is 4.90 Å². The number of thiophene rings is 1. The molecule has 158 valence electrons. The number of aliphatic hydroxyl groups is 1. The molecule has 1 N–H and O–H groups in total. The van der Waals surface area contributed by atoms with E-state index in [2.05, 4.69) is 0 Å². The molecular formula is C23H17ClFNO4S. The van der Waals surface area contributed by atoms with Crippen LogP contribution >= 0.6 is 22.9 Å². The number of rotatable bonds is 5. The second-order valence-corrected chi connectivity index (χ2v) is 8.33. The van der Waals surface area contributed by atoms with E-state index in [1.165, 1.54) is 41.5 Å². The third kappa shape index (κ3) is 3.94. The molecule has 0 spiro atoms.